The van der Waals surface area contributed by atoms with Crippen LogP contribution in [0.3, 0.4) is 0 Å². The Hall–Kier alpha value is -8.80. The van der Waals surface area contributed by atoms with Crippen LogP contribution in [0, 0.1) is 0 Å². The van der Waals surface area contributed by atoms with Crippen LogP contribution in [-0.4, -0.2) is 0 Å². The molecule has 0 saturated carbocycles. The van der Waals surface area contributed by atoms with Crippen LogP contribution in [0.15, 0.2) is 267 Å². The maximum absolute atomic E-state index is 2.45. The van der Waals surface area contributed by atoms with Gasteiger partial charge in [-0.3, -0.25) is 0 Å². The number of hydrogen-bond acceptors (Lipinski definition) is 4. The largest absolute Gasteiger partial charge is 0.310 e. The fourth-order valence-electron chi connectivity index (χ4n) is 10.8. The van der Waals surface area contributed by atoms with Gasteiger partial charge in [0.05, 0.1) is 11.4 Å². The number of fused-ring (bicyclic) bond motifs is 8. The molecule has 0 unspecified atom stereocenters. The van der Waals surface area contributed by atoms with Crippen molar-refractivity contribution in [3.63, 3.8) is 0 Å². The van der Waals surface area contributed by atoms with Crippen molar-refractivity contribution in [2.45, 2.75) is 0 Å². The lowest BCUT2D eigenvalue weighted by molar-refractivity contribution is 1.29. The molecule has 0 radical (unpaired) electrons. The van der Waals surface area contributed by atoms with E-state index in [1.807, 2.05) is 22.7 Å². The number of anilines is 6. The Morgan fingerprint density at radius 1 is 0.236 bits per heavy atom. The summed E-state index contributed by atoms with van der Waals surface area (Å²) >= 11 is 3.71. The average Bonchev–Trinajstić information content (AvgIpc) is 4.03. The van der Waals surface area contributed by atoms with E-state index < -0.39 is 0 Å². The Labute approximate surface area is 426 Å². The molecule has 0 fully saturated rings. The van der Waals surface area contributed by atoms with Gasteiger partial charge in [-0.25, -0.2) is 0 Å². The predicted octanol–water partition coefficient (Wildman–Crippen LogP) is 20.7. The van der Waals surface area contributed by atoms with Crippen LogP contribution in [-0.2, 0) is 0 Å². The molecule has 4 heteroatoms. The average molecular weight is 953 g/mol. The summed E-state index contributed by atoms with van der Waals surface area (Å²) in [5.41, 5.74) is 13.8. The van der Waals surface area contributed by atoms with E-state index in [0.29, 0.717) is 0 Å². The van der Waals surface area contributed by atoms with E-state index in [-0.39, 0.29) is 0 Å². The molecule has 0 aliphatic carbocycles. The monoisotopic (exact) mass is 952 g/mol. The number of rotatable bonds is 9. The molecular weight excluding hydrogens is 909 g/mol. The quantitative estimate of drug-likeness (QED) is 0.142. The molecule has 12 aromatic carbocycles. The molecule has 0 atom stereocenters. The fraction of sp³-hybridized carbons (Fsp3) is 0. The van der Waals surface area contributed by atoms with Crippen molar-refractivity contribution >= 4 is 119 Å². The third-order valence-corrected chi connectivity index (χ3v) is 16.5. The molecule has 0 N–H and O–H groups in total. The molecular formula is C68H44N2S2. The van der Waals surface area contributed by atoms with Gasteiger partial charge in [-0.15, -0.1) is 22.7 Å². The van der Waals surface area contributed by atoms with Gasteiger partial charge in [0.25, 0.3) is 0 Å². The second-order valence-corrected chi connectivity index (χ2v) is 20.6. The summed E-state index contributed by atoms with van der Waals surface area (Å²) in [6.07, 6.45) is 0. The Balaban J connectivity index is 0.904. The zero-order chi connectivity index (χ0) is 47.5. The molecule has 338 valence electrons. The van der Waals surface area contributed by atoms with Crippen molar-refractivity contribution in [1.82, 2.24) is 0 Å². The molecule has 2 heterocycles. The SMILES string of the molecule is c1cc(-c2cccc(N(c3ccc(-c4cccc5ccccc45)cc3)c3cccc4sc5ccccc5c34)c2)cc(N(c2ccc(-c3ccc4ccccc4c3)cc2)c2cccc3sc4ccccc4c23)c1. The van der Waals surface area contributed by atoms with Gasteiger partial charge in [-0.2, -0.15) is 0 Å². The highest BCUT2D eigenvalue weighted by Crippen LogP contribution is 2.48. The lowest BCUT2D eigenvalue weighted by atomic mass is 9.98. The Bertz CT molecular complexity index is 4350. The van der Waals surface area contributed by atoms with Gasteiger partial charge in [-0.05, 0) is 146 Å². The van der Waals surface area contributed by atoms with Gasteiger partial charge in [0.1, 0.15) is 0 Å². The van der Waals surface area contributed by atoms with E-state index in [1.165, 1.54) is 84.1 Å². The van der Waals surface area contributed by atoms with Crippen molar-refractivity contribution in [3.05, 3.63) is 267 Å². The lowest BCUT2D eigenvalue weighted by Gasteiger charge is -2.28. The summed E-state index contributed by atoms with van der Waals surface area (Å²) in [6, 6.07) is 98.1. The minimum absolute atomic E-state index is 1.09. The molecule has 72 heavy (non-hydrogen) atoms. The topological polar surface area (TPSA) is 6.48 Å². The first-order valence-corrected chi connectivity index (χ1v) is 26.1. The normalized spacial score (nSPS) is 11.6. The summed E-state index contributed by atoms with van der Waals surface area (Å²) in [5, 5.41) is 10.1. The van der Waals surface area contributed by atoms with Gasteiger partial charge >= 0.3 is 0 Å². The number of benzene rings is 12. The predicted molar refractivity (Wildman–Crippen MR) is 313 cm³/mol. The molecule has 2 nitrogen and oxygen atoms in total. The highest BCUT2D eigenvalue weighted by molar-refractivity contribution is 7.26. The molecule has 0 bridgehead atoms. The van der Waals surface area contributed by atoms with E-state index in [0.717, 1.165) is 45.3 Å². The van der Waals surface area contributed by atoms with E-state index in [9.17, 15) is 0 Å². The first-order chi connectivity index (χ1) is 35.7. The Morgan fingerprint density at radius 3 is 1.26 bits per heavy atom. The molecule has 0 aliphatic heterocycles. The van der Waals surface area contributed by atoms with Crippen LogP contribution in [0.2, 0.25) is 0 Å². The summed E-state index contributed by atoms with van der Waals surface area (Å²) in [6.45, 7) is 0. The molecule has 0 saturated heterocycles. The highest BCUT2D eigenvalue weighted by atomic mass is 32.1. The van der Waals surface area contributed by atoms with Gasteiger partial charge in [0.2, 0.25) is 0 Å². The fourth-order valence-corrected chi connectivity index (χ4v) is 13.1. The summed E-state index contributed by atoms with van der Waals surface area (Å²) in [4.78, 5) is 4.90. The van der Waals surface area contributed by atoms with Crippen LogP contribution >= 0.6 is 22.7 Å². The van der Waals surface area contributed by atoms with E-state index in [1.54, 1.807) is 0 Å². The van der Waals surface area contributed by atoms with Crippen LogP contribution in [0.4, 0.5) is 34.1 Å². The van der Waals surface area contributed by atoms with Gasteiger partial charge in [-0.1, -0.05) is 176 Å². The minimum atomic E-state index is 1.09. The van der Waals surface area contributed by atoms with Crippen molar-refractivity contribution in [1.29, 1.82) is 0 Å². The standard InChI is InChI=1S/C68H44N2S2/c1-2-16-49-42-52(33-32-45(49)14-1)46-34-38-53(39-35-46)69(61-26-12-30-65-67(61)59-23-5-7-28-63(59)71-65)55-20-9-18-50(43-55)51-19-10-21-56(44-51)70(62-27-13-31-66-68(62)60-24-6-8-29-64(60)72-66)54-40-36-48(37-41-54)58-25-11-17-47-15-3-4-22-57(47)58/h1-44H. The summed E-state index contributed by atoms with van der Waals surface area (Å²) < 4.78 is 5.12. The second-order valence-electron chi connectivity index (χ2n) is 18.5. The third kappa shape index (κ3) is 7.31. The first-order valence-electron chi connectivity index (χ1n) is 24.5. The molecule has 14 aromatic rings. The maximum atomic E-state index is 2.45. The number of hydrogen-bond donors (Lipinski definition) is 0. The minimum Gasteiger partial charge on any atom is -0.310 e. The summed E-state index contributed by atoms with van der Waals surface area (Å²) in [7, 11) is 0. The number of nitrogens with zero attached hydrogens (tertiary/aromatic N) is 2. The Kier molecular flexibility index (Phi) is 10.3. The summed E-state index contributed by atoms with van der Waals surface area (Å²) in [5.74, 6) is 0. The van der Waals surface area contributed by atoms with Crippen LogP contribution in [0.5, 0.6) is 0 Å². The van der Waals surface area contributed by atoms with E-state index in [4.69, 9.17) is 0 Å². The molecule has 0 amide bonds. The van der Waals surface area contributed by atoms with E-state index in [2.05, 4.69) is 277 Å². The van der Waals surface area contributed by atoms with Crippen LogP contribution in [0.1, 0.15) is 0 Å². The zero-order valence-electron chi connectivity index (χ0n) is 39.1. The van der Waals surface area contributed by atoms with Gasteiger partial charge in [0, 0.05) is 63.1 Å². The molecule has 14 rings (SSSR count). The third-order valence-electron chi connectivity index (χ3n) is 14.2. The van der Waals surface area contributed by atoms with Crippen molar-refractivity contribution in [3.8, 4) is 33.4 Å². The van der Waals surface area contributed by atoms with Gasteiger partial charge < -0.3 is 9.80 Å². The number of thiophene rings is 2. The van der Waals surface area contributed by atoms with Crippen molar-refractivity contribution < 1.29 is 0 Å². The molecule has 0 spiro atoms. The van der Waals surface area contributed by atoms with Crippen LogP contribution < -0.4 is 9.80 Å². The van der Waals surface area contributed by atoms with Crippen molar-refractivity contribution in [2.75, 3.05) is 9.80 Å². The Morgan fingerprint density at radius 2 is 0.667 bits per heavy atom. The smallest absolute Gasteiger partial charge is 0.0554 e. The second kappa shape index (κ2) is 17.6. The van der Waals surface area contributed by atoms with Gasteiger partial charge in [0.15, 0.2) is 0 Å². The zero-order valence-corrected chi connectivity index (χ0v) is 40.7. The molecule has 2 aromatic heterocycles. The first kappa shape index (κ1) is 42.1. The van der Waals surface area contributed by atoms with E-state index >= 15 is 0 Å². The lowest BCUT2D eigenvalue weighted by Crippen LogP contribution is -2.11. The van der Waals surface area contributed by atoms with Crippen LogP contribution in [0.25, 0.3) is 95.3 Å². The highest BCUT2D eigenvalue weighted by Gasteiger charge is 2.22. The molecule has 0 aliphatic rings. The maximum Gasteiger partial charge on any atom is 0.0554 e. The van der Waals surface area contributed by atoms with Crippen molar-refractivity contribution in [2.24, 2.45) is 0 Å².